The Morgan fingerprint density at radius 2 is 1.82 bits per heavy atom. The predicted octanol–water partition coefficient (Wildman–Crippen LogP) is 5.09. The molecule has 9 heteroatoms. The summed E-state index contributed by atoms with van der Waals surface area (Å²) in [7, 11) is 1.30. The summed E-state index contributed by atoms with van der Waals surface area (Å²) in [5, 5.41) is 3.24. The van der Waals surface area contributed by atoms with Crippen LogP contribution in [0.1, 0.15) is 38.1 Å². The Balaban J connectivity index is 1.57. The first-order valence-electron chi connectivity index (χ1n) is 10.8. The van der Waals surface area contributed by atoms with Crippen molar-refractivity contribution in [1.29, 1.82) is 0 Å². The number of rotatable bonds is 6. The molecular weight excluding hydrogens is 456 g/mol. The summed E-state index contributed by atoms with van der Waals surface area (Å²) in [6.07, 6.45) is 0.0627. The lowest BCUT2D eigenvalue weighted by Gasteiger charge is -2.26. The number of fused-ring (bicyclic) bond motifs is 1. The molecule has 0 bridgehead atoms. The summed E-state index contributed by atoms with van der Waals surface area (Å²) < 4.78 is 15.9. The van der Waals surface area contributed by atoms with Gasteiger partial charge in [-0.15, -0.1) is 11.3 Å². The molecule has 0 atom stereocenters. The van der Waals surface area contributed by atoms with E-state index in [1.807, 2.05) is 30.3 Å². The van der Waals surface area contributed by atoms with Crippen LogP contribution in [0.3, 0.4) is 0 Å². The van der Waals surface area contributed by atoms with Gasteiger partial charge in [-0.05, 0) is 49.2 Å². The third-order valence-corrected chi connectivity index (χ3v) is 6.41. The molecule has 1 aromatic heterocycles. The van der Waals surface area contributed by atoms with E-state index in [4.69, 9.17) is 14.2 Å². The Hall–Kier alpha value is -3.85. The van der Waals surface area contributed by atoms with Crippen molar-refractivity contribution in [3.05, 3.63) is 76.2 Å². The Morgan fingerprint density at radius 1 is 1.06 bits per heavy atom. The second-order valence-electron chi connectivity index (χ2n) is 7.47. The van der Waals surface area contributed by atoms with E-state index in [1.165, 1.54) is 18.4 Å². The van der Waals surface area contributed by atoms with Crippen molar-refractivity contribution >= 4 is 34.3 Å². The summed E-state index contributed by atoms with van der Waals surface area (Å²) in [4.78, 5) is 40.2. The Labute approximate surface area is 201 Å². The smallest absolute Gasteiger partial charge is 0.410 e. The Bertz CT molecular complexity index is 1210. The molecule has 0 saturated carbocycles. The molecule has 2 aromatic carbocycles. The maximum atomic E-state index is 13.1. The summed E-state index contributed by atoms with van der Waals surface area (Å²) in [5.41, 5.74) is 1.49. The third-order valence-electron chi connectivity index (χ3n) is 5.27. The molecule has 0 unspecified atom stereocenters. The topological polar surface area (TPSA) is 94.2 Å². The number of anilines is 1. The van der Waals surface area contributed by atoms with Crippen LogP contribution in [0.15, 0.2) is 54.6 Å². The molecule has 34 heavy (non-hydrogen) atoms. The number of nitrogens with one attached hydrogen (secondary N) is 1. The number of methoxy groups -OCH3 is 1. The molecule has 2 amide bonds. The highest BCUT2D eigenvalue weighted by molar-refractivity contribution is 7.17. The van der Waals surface area contributed by atoms with Gasteiger partial charge in [-0.2, -0.15) is 0 Å². The van der Waals surface area contributed by atoms with Crippen LogP contribution in [0, 0.1) is 0 Å². The van der Waals surface area contributed by atoms with Crippen molar-refractivity contribution in [1.82, 2.24) is 4.90 Å². The monoisotopic (exact) mass is 480 g/mol. The molecule has 4 rings (SSSR count). The van der Waals surface area contributed by atoms with Crippen molar-refractivity contribution in [3.8, 4) is 11.5 Å². The quantitative estimate of drug-likeness (QED) is 0.494. The highest BCUT2D eigenvalue weighted by Crippen LogP contribution is 2.38. The average Bonchev–Trinajstić information content (AvgIpc) is 3.21. The molecule has 0 aliphatic carbocycles. The van der Waals surface area contributed by atoms with Crippen LogP contribution >= 0.6 is 11.3 Å². The SMILES string of the molecule is CCOC(=O)N1CCc2c(sc(NC(=O)c3cccc(Oc4ccccc4)c3)c2C(=O)OC)C1. The molecule has 176 valence electrons. The summed E-state index contributed by atoms with van der Waals surface area (Å²) in [6, 6.07) is 16.1. The van der Waals surface area contributed by atoms with Crippen LogP contribution < -0.4 is 10.1 Å². The zero-order chi connectivity index (χ0) is 24.1. The lowest BCUT2D eigenvalue weighted by Crippen LogP contribution is -2.36. The van der Waals surface area contributed by atoms with Gasteiger partial charge in [0, 0.05) is 17.0 Å². The largest absolute Gasteiger partial charge is 0.465 e. The summed E-state index contributed by atoms with van der Waals surface area (Å²) in [5.74, 6) is 0.260. The van der Waals surface area contributed by atoms with E-state index >= 15 is 0 Å². The first-order chi connectivity index (χ1) is 16.5. The molecule has 0 spiro atoms. The maximum Gasteiger partial charge on any atom is 0.410 e. The van der Waals surface area contributed by atoms with E-state index < -0.39 is 12.1 Å². The number of thiophene rings is 1. The average molecular weight is 481 g/mol. The van der Waals surface area contributed by atoms with Crippen LogP contribution in [0.5, 0.6) is 11.5 Å². The van der Waals surface area contributed by atoms with Crippen LogP contribution in [0.4, 0.5) is 9.80 Å². The molecular formula is C25H24N2O6S. The fourth-order valence-corrected chi connectivity index (χ4v) is 4.93. The summed E-state index contributed by atoms with van der Waals surface area (Å²) >= 11 is 1.26. The fraction of sp³-hybridized carbons (Fsp3) is 0.240. The minimum absolute atomic E-state index is 0.286. The molecule has 0 radical (unpaired) electrons. The number of hydrogen-bond acceptors (Lipinski definition) is 7. The number of para-hydroxylation sites is 1. The highest BCUT2D eigenvalue weighted by Gasteiger charge is 2.31. The van der Waals surface area contributed by atoms with Crippen molar-refractivity contribution in [3.63, 3.8) is 0 Å². The summed E-state index contributed by atoms with van der Waals surface area (Å²) in [6.45, 7) is 2.76. The van der Waals surface area contributed by atoms with Crippen LogP contribution in [0.25, 0.3) is 0 Å². The number of carbonyl (C=O) groups excluding carboxylic acids is 3. The van der Waals surface area contributed by atoms with Crippen molar-refractivity contribution in [2.75, 3.05) is 25.6 Å². The minimum atomic E-state index is -0.529. The van der Waals surface area contributed by atoms with Gasteiger partial charge in [-0.3, -0.25) is 4.79 Å². The van der Waals surface area contributed by atoms with E-state index in [1.54, 1.807) is 36.1 Å². The zero-order valence-corrected chi connectivity index (χ0v) is 19.6. The fourth-order valence-electron chi connectivity index (χ4n) is 3.68. The van der Waals surface area contributed by atoms with Crippen LogP contribution in [-0.4, -0.2) is 43.1 Å². The van der Waals surface area contributed by atoms with Gasteiger partial charge in [-0.25, -0.2) is 9.59 Å². The number of ether oxygens (including phenoxy) is 3. The predicted molar refractivity (Wildman–Crippen MR) is 128 cm³/mol. The van der Waals surface area contributed by atoms with Crippen molar-refractivity contribution < 1.29 is 28.6 Å². The number of amides is 2. The molecule has 0 fully saturated rings. The number of hydrogen-bond donors (Lipinski definition) is 1. The van der Waals surface area contributed by atoms with E-state index in [-0.39, 0.29) is 12.5 Å². The molecule has 0 saturated heterocycles. The van der Waals surface area contributed by atoms with E-state index in [0.717, 1.165) is 10.4 Å². The molecule has 8 nitrogen and oxygen atoms in total. The zero-order valence-electron chi connectivity index (χ0n) is 18.8. The Morgan fingerprint density at radius 3 is 2.56 bits per heavy atom. The lowest BCUT2D eigenvalue weighted by molar-refractivity contribution is 0.0600. The third kappa shape index (κ3) is 5.04. The standard InChI is InChI=1S/C25H24N2O6S/c1-3-32-25(30)27-13-12-19-20(15-27)34-23(21(19)24(29)31-2)26-22(28)16-8-7-11-18(14-16)33-17-9-5-4-6-10-17/h4-11,14H,3,12-13,15H2,1-2H3,(H,26,28). The van der Waals surface area contributed by atoms with E-state index in [2.05, 4.69) is 5.32 Å². The molecule has 1 N–H and O–H groups in total. The van der Waals surface area contributed by atoms with Gasteiger partial charge >= 0.3 is 12.1 Å². The van der Waals surface area contributed by atoms with Gasteiger partial charge in [0.25, 0.3) is 5.91 Å². The first kappa shape index (κ1) is 23.3. The van der Waals surface area contributed by atoms with Gasteiger partial charge in [0.05, 0.1) is 25.8 Å². The second-order valence-corrected chi connectivity index (χ2v) is 8.57. The van der Waals surface area contributed by atoms with Crippen molar-refractivity contribution in [2.45, 2.75) is 19.9 Å². The van der Waals surface area contributed by atoms with Gasteiger partial charge in [-0.1, -0.05) is 24.3 Å². The van der Waals surface area contributed by atoms with Crippen LogP contribution in [-0.2, 0) is 22.4 Å². The lowest BCUT2D eigenvalue weighted by atomic mass is 10.0. The number of esters is 1. The van der Waals surface area contributed by atoms with Gasteiger partial charge in [0.1, 0.15) is 16.5 Å². The van der Waals surface area contributed by atoms with Gasteiger partial charge in [0.2, 0.25) is 0 Å². The highest BCUT2D eigenvalue weighted by atomic mass is 32.1. The van der Waals surface area contributed by atoms with Gasteiger partial charge < -0.3 is 24.4 Å². The van der Waals surface area contributed by atoms with Crippen LogP contribution in [0.2, 0.25) is 0 Å². The Kier molecular flexibility index (Phi) is 7.12. The number of nitrogens with zero attached hydrogens (tertiary/aromatic N) is 1. The normalized spacial score (nSPS) is 12.5. The minimum Gasteiger partial charge on any atom is -0.465 e. The number of benzene rings is 2. The van der Waals surface area contributed by atoms with E-state index in [0.29, 0.717) is 47.1 Å². The molecule has 1 aliphatic heterocycles. The molecule has 1 aliphatic rings. The van der Waals surface area contributed by atoms with Crippen molar-refractivity contribution in [2.24, 2.45) is 0 Å². The molecule has 3 aromatic rings. The van der Waals surface area contributed by atoms with E-state index in [9.17, 15) is 14.4 Å². The van der Waals surface area contributed by atoms with Gasteiger partial charge in [0.15, 0.2) is 0 Å². The first-order valence-corrected chi connectivity index (χ1v) is 11.6. The molecule has 2 heterocycles. The number of carbonyl (C=O) groups is 3. The maximum absolute atomic E-state index is 13.1. The second kappa shape index (κ2) is 10.4.